The first kappa shape index (κ1) is 26.1. The molecule has 0 radical (unpaired) electrons. The van der Waals surface area contributed by atoms with E-state index in [2.05, 4.69) is 117 Å². The van der Waals surface area contributed by atoms with Crippen LogP contribution in [0.1, 0.15) is 64.9 Å². The Morgan fingerprint density at radius 1 is 0.838 bits per heavy atom. The summed E-state index contributed by atoms with van der Waals surface area (Å²) in [6, 6.07) is 32.7. The van der Waals surface area contributed by atoms with Crippen LogP contribution in [0.4, 0.5) is 0 Å². The lowest BCUT2D eigenvalue weighted by molar-refractivity contribution is -0.134. The molecular formula is C33H41NO2Si. The van der Waals surface area contributed by atoms with Crippen LogP contribution in [-0.4, -0.2) is 37.2 Å². The number of nitrogens with zero attached hydrogens (tertiary/aromatic N) is 1. The van der Waals surface area contributed by atoms with Crippen molar-refractivity contribution in [2.75, 3.05) is 6.61 Å². The third-order valence-electron chi connectivity index (χ3n) is 8.74. The zero-order chi connectivity index (χ0) is 25.9. The zero-order valence-corrected chi connectivity index (χ0v) is 23.7. The van der Waals surface area contributed by atoms with Crippen molar-refractivity contribution < 1.29 is 9.22 Å². The van der Waals surface area contributed by atoms with E-state index in [0.29, 0.717) is 18.8 Å². The number of carbonyl (C=O) groups excluding carboxylic acids is 1. The highest BCUT2D eigenvalue weighted by Crippen LogP contribution is 2.44. The monoisotopic (exact) mass is 511 g/mol. The SMILES string of the molecule is CC(C)(C)[Si](OC[C@H]1CCC[C@]2(CCCC2=O)N1Cc1ccccc1)(c1ccccc1)c1ccccc1. The largest absolute Gasteiger partial charge is 0.406 e. The van der Waals surface area contributed by atoms with Gasteiger partial charge in [0.05, 0.1) is 12.1 Å². The molecule has 0 N–H and O–H groups in total. The molecular weight excluding hydrogens is 470 g/mol. The number of hydrogen-bond donors (Lipinski definition) is 0. The van der Waals surface area contributed by atoms with Gasteiger partial charge in [-0.15, -0.1) is 0 Å². The Kier molecular flexibility index (Phi) is 7.53. The van der Waals surface area contributed by atoms with Crippen molar-refractivity contribution in [2.45, 2.75) is 82.5 Å². The molecule has 1 saturated carbocycles. The molecule has 4 heteroatoms. The molecule has 2 atom stereocenters. The predicted molar refractivity (Wildman–Crippen MR) is 155 cm³/mol. The van der Waals surface area contributed by atoms with Crippen molar-refractivity contribution in [3.8, 4) is 0 Å². The van der Waals surface area contributed by atoms with Crippen LogP contribution in [0, 0.1) is 0 Å². The second-order valence-electron chi connectivity index (χ2n) is 11.9. The molecule has 3 nitrogen and oxygen atoms in total. The van der Waals surface area contributed by atoms with Gasteiger partial charge in [0.25, 0.3) is 8.32 Å². The minimum Gasteiger partial charge on any atom is -0.406 e. The third-order valence-corrected chi connectivity index (χ3v) is 13.7. The second-order valence-corrected chi connectivity index (χ2v) is 16.2. The molecule has 0 unspecified atom stereocenters. The maximum absolute atomic E-state index is 13.4. The average molecular weight is 512 g/mol. The van der Waals surface area contributed by atoms with E-state index in [9.17, 15) is 4.79 Å². The van der Waals surface area contributed by atoms with Gasteiger partial charge in [0.2, 0.25) is 0 Å². The van der Waals surface area contributed by atoms with Crippen molar-refractivity contribution in [3.05, 3.63) is 96.6 Å². The minimum atomic E-state index is -2.63. The van der Waals surface area contributed by atoms with Gasteiger partial charge in [-0.05, 0) is 53.1 Å². The van der Waals surface area contributed by atoms with Crippen molar-refractivity contribution >= 4 is 24.5 Å². The lowest BCUT2D eigenvalue weighted by Crippen LogP contribution is -2.68. The Labute approximate surface area is 224 Å². The molecule has 1 aliphatic carbocycles. The van der Waals surface area contributed by atoms with Gasteiger partial charge < -0.3 is 4.43 Å². The Bertz CT molecular complexity index is 1140. The summed E-state index contributed by atoms with van der Waals surface area (Å²) in [5.41, 5.74) is 0.951. The van der Waals surface area contributed by atoms with Gasteiger partial charge in [-0.2, -0.15) is 0 Å². The van der Waals surface area contributed by atoms with Crippen LogP contribution in [0.5, 0.6) is 0 Å². The maximum atomic E-state index is 13.4. The fourth-order valence-corrected chi connectivity index (χ4v) is 11.6. The van der Waals surface area contributed by atoms with E-state index in [4.69, 9.17) is 4.43 Å². The van der Waals surface area contributed by atoms with Crippen LogP contribution in [-0.2, 0) is 15.8 Å². The van der Waals surface area contributed by atoms with Gasteiger partial charge in [0, 0.05) is 19.0 Å². The summed E-state index contributed by atoms with van der Waals surface area (Å²) in [7, 11) is -2.63. The quantitative estimate of drug-likeness (QED) is 0.359. The number of benzene rings is 3. The van der Waals surface area contributed by atoms with Crippen molar-refractivity contribution in [1.82, 2.24) is 4.90 Å². The molecule has 1 saturated heterocycles. The normalized spacial score (nSPS) is 23.0. The molecule has 3 aromatic rings. The molecule has 37 heavy (non-hydrogen) atoms. The van der Waals surface area contributed by atoms with E-state index in [1.165, 1.54) is 15.9 Å². The number of likely N-dealkylation sites (tertiary alicyclic amines) is 1. The highest BCUT2D eigenvalue weighted by Gasteiger charge is 2.53. The molecule has 2 aliphatic rings. The number of Topliss-reactive ketones (excluding diaryl/α,β-unsaturated/α-hetero) is 1. The van der Waals surface area contributed by atoms with Gasteiger partial charge >= 0.3 is 0 Å². The predicted octanol–water partition coefficient (Wildman–Crippen LogP) is 6.11. The summed E-state index contributed by atoms with van der Waals surface area (Å²) < 4.78 is 7.40. The smallest absolute Gasteiger partial charge is 0.261 e. The average Bonchev–Trinajstić information content (AvgIpc) is 3.27. The van der Waals surface area contributed by atoms with Gasteiger partial charge in [0.15, 0.2) is 5.78 Å². The second kappa shape index (κ2) is 10.7. The topological polar surface area (TPSA) is 29.5 Å². The van der Waals surface area contributed by atoms with E-state index in [1.807, 2.05) is 0 Å². The van der Waals surface area contributed by atoms with E-state index in [1.54, 1.807) is 0 Å². The van der Waals surface area contributed by atoms with Crippen LogP contribution < -0.4 is 10.4 Å². The van der Waals surface area contributed by atoms with Gasteiger partial charge in [-0.25, -0.2) is 0 Å². The Morgan fingerprint density at radius 3 is 1.89 bits per heavy atom. The lowest BCUT2D eigenvalue weighted by Gasteiger charge is -2.50. The molecule has 1 heterocycles. The lowest BCUT2D eigenvalue weighted by atomic mass is 9.81. The fraction of sp³-hybridized carbons (Fsp3) is 0.424. The Hall–Kier alpha value is -2.53. The number of rotatable bonds is 7. The first-order valence-corrected chi connectivity index (χ1v) is 15.9. The Morgan fingerprint density at radius 2 is 1.38 bits per heavy atom. The summed E-state index contributed by atoms with van der Waals surface area (Å²) in [5, 5.41) is 2.56. The number of piperidine rings is 1. The molecule has 1 spiro atoms. The summed E-state index contributed by atoms with van der Waals surface area (Å²) in [6.45, 7) is 8.47. The zero-order valence-electron chi connectivity index (χ0n) is 22.7. The number of ketones is 1. The summed E-state index contributed by atoms with van der Waals surface area (Å²) >= 11 is 0. The van der Waals surface area contributed by atoms with E-state index in [0.717, 1.165) is 38.6 Å². The van der Waals surface area contributed by atoms with E-state index < -0.39 is 8.32 Å². The van der Waals surface area contributed by atoms with Crippen LogP contribution in [0.3, 0.4) is 0 Å². The van der Waals surface area contributed by atoms with Crippen molar-refractivity contribution in [3.63, 3.8) is 0 Å². The molecule has 0 bridgehead atoms. The molecule has 3 aromatic carbocycles. The van der Waals surface area contributed by atoms with Crippen LogP contribution in [0.25, 0.3) is 0 Å². The number of carbonyl (C=O) groups is 1. The molecule has 5 rings (SSSR count). The standard InChI is InChI=1S/C33H41NO2Si/c1-32(2,3)37(29-18-9-5-10-19-29,30-20-11-6-12-21-30)36-26-28-17-13-23-33(24-14-22-31(33)35)34(28)25-27-15-7-4-8-16-27/h4-12,15-16,18-21,28H,13-14,17,22-26H2,1-3H3/t28-,33-/m1/s1. The van der Waals surface area contributed by atoms with Crippen LogP contribution >= 0.6 is 0 Å². The highest BCUT2D eigenvalue weighted by molar-refractivity contribution is 6.99. The van der Waals surface area contributed by atoms with Gasteiger partial charge in [-0.3, -0.25) is 9.69 Å². The van der Waals surface area contributed by atoms with Crippen LogP contribution in [0.2, 0.25) is 5.04 Å². The fourth-order valence-electron chi connectivity index (χ4n) is 6.98. The molecule has 0 aromatic heterocycles. The molecule has 0 amide bonds. The van der Waals surface area contributed by atoms with Gasteiger partial charge in [-0.1, -0.05) is 112 Å². The highest BCUT2D eigenvalue weighted by atomic mass is 28.4. The van der Waals surface area contributed by atoms with E-state index >= 15 is 0 Å². The first-order valence-electron chi connectivity index (χ1n) is 14.0. The van der Waals surface area contributed by atoms with Crippen molar-refractivity contribution in [1.29, 1.82) is 0 Å². The van der Waals surface area contributed by atoms with Gasteiger partial charge in [0.1, 0.15) is 0 Å². The van der Waals surface area contributed by atoms with Crippen LogP contribution in [0.15, 0.2) is 91.0 Å². The summed E-state index contributed by atoms with van der Waals surface area (Å²) in [4.78, 5) is 16.0. The third kappa shape index (κ3) is 4.87. The molecule has 194 valence electrons. The summed E-state index contributed by atoms with van der Waals surface area (Å²) in [5.74, 6) is 0.443. The maximum Gasteiger partial charge on any atom is 0.261 e. The van der Waals surface area contributed by atoms with Crippen molar-refractivity contribution in [2.24, 2.45) is 0 Å². The minimum absolute atomic E-state index is 0.0600. The molecule has 1 aliphatic heterocycles. The summed E-state index contributed by atoms with van der Waals surface area (Å²) in [6.07, 6.45) is 5.84. The first-order chi connectivity index (χ1) is 17.9. The number of hydrogen-bond acceptors (Lipinski definition) is 3. The molecule has 2 fully saturated rings. The Balaban J connectivity index is 1.53. The van der Waals surface area contributed by atoms with E-state index in [-0.39, 0.29) is 16.6 Å².